The van der Waals surface area contributed by atoms with Gasteiger partial charge in [-0.25, -0.2) is 9.89 Å². The number of hydrogen-bond acceptors (Lipinski definition) is 7. The molecule has 34 heavy (non-hydrogen) atoms. The number of amides is 1. The zero-order valence-electron chi connectivity index (χ0n) is 18.7. The number of unbranched alkanes of at least 4 members (excludes halogenated alkanes) is 2. The van der Waals surface area contributed by atoms with Gasteiger partial charge >= 0.3 is 5.97 Å². The number of nitrogens with zero attached hydrogens (tertiary/aromatic N) is 3. The number of hydrogen-bond donors (Lipinski definition) is 3. The van der Waals surface area contributed by atoms with E-state index in [0.29, 0.717) is 11.5 Å². The summed E-state index contributed by atoms with van der Waals surface area (Å²) in [5.74, 6) is -1.13. The van der Waals surface area contributed by atoms with E-state index in [-0.39, 0.29) is 29.6 Å². The predicted octanol–water partition coefficient (Wildman–Crippen LogP) is 3.80. The summed E-state index contributed by atoms with van der Waals surface area (Å²) < 4.78 is 11.6. The van der Waals surface area contributed by atoms with Gasteiger partial charge in [-0.1, -0.05) is 44.0 Å². The fourth-order valence-corrected chi connectivity index (χ4v) is 3.58. The van der Waals surface area contributed by atoms with Crippen molar-refractivity contribution in [2.24, 2.45) is 0 Å². The first-order chi connectivity index (χ1) is 16.5. The van der Waals surface area contributed by atoms with Crippen LogP contribution < -0.4 is 14.8 Å². The van der Waals surface area contributed by atoms with Gasteiger partial charge in [-0.2, -0.15) is 0 Å². The van der Waals surface area contributed by atoms with Gasteiger partial charge in [-0.15, -0.1) is 5.10 Å². The van der Waals surface area contributed by atoms with Crippen molar-refractivity contribution in [1.82, 2.24) is 20.6 Å². The number of aromatic carboxylic acids is 1. The highest BCUT2D eigenvalue weighted by atomic mass is 16.6. The largest absolute Gasteiger partial charge is 0.483 e. The highest BCUT2D eigenvalue weighted by Gasteiger charge is 2.31. The molecule has 3 N–H and O–H groups in total. The number of nitrogens with one attached hydrogen (secondary N) is 2. The summed E-state index contributed by atoms with van der Waals surface area (Å²) in [7, 11) is 0. The van der Waals surface area contributed by atoms with E-state index in [1.54, 1.807) is 6.08 Å². The van der Waals surface area contributed by atoms with Crippen molar-refractivity contribution in [3.05, 3.63) is 65.0 Å². The number of carboxylic acids is 1. The van der Waals surface area contributed by atoms with Gasteiger partial charge in [0.15, 0.2) is 23.4 Å². The number of ether oxygens (including phenoxy) is 2. The number of aromatic amines is 1. The lowest BCUT2D eigenvalue weighted by Gasteiger charge is -2.27. The molecule has 0 aliphatic carbocycles. The Kier molecular flexibility index (Phi) is 7.16. The number of carbonyl (C=O) groups is 2. The maximum atomic E-state index is 12.5. The van der Waals surface area contributed by atoms with Crippen LogP contribution in [0.4, 0.5) is 5.69 Å². The maximum absolute atomic E-state index is 12.5. The molecule has 4 rings (SSSR count). The highest BCUT2D eigenvalue weighted by molar-refractivity contribution is 6.04. The number of tetrazole rings is 1. The van der Waals surface area contributed by atoms with Gasteiger partial charge in [0.25, 0.3) is 0 Å². The average molecular weight is 463 g/mol. The Morgan fingerprint density at radius 2 is 2.00 bits per heavy atom. The van der Waals surface area contributed by atoms with Crippen LogP contribution in [0, 0.1) is 0 Å². The van der Waals surface area contributed by atoms with Crippen LogP contribution >= 0.6 is 0 Å². The first kappa shape index (κ1) is 23.0. The number of carbonyl (C=O) groups excluding carboxylic acids is 1. The molecule has 2 aromatic carbocycles. The maximum Gasteiger partial charge on any atom is 0.339 e. The minimum atomic E-state index is -1.19. The Bertz CT molecular complexity index is 1180. The van der Waals surface area contributed by atoms with E-state index in [2.05, 4.69) is 45.0 Å². The topological polar surface area (TPSA) is 139 Å². The molecule has 176 valence electrons. The van der Waals surface area contributed by atoms with Gasteiger partial charge in [0, 0.05) is 6.08 Å². The lowest BCUT2D eigenvalue weighted by molar-refractivity contribution is -0.111. The van der Waals surface area contributed by atoms with Crippen molar-refractivity contribution in [1.29, 1.82) is 0 Å². The zero-order valence-corrected chi connectivity index (χ0v) is 18.7. The van der Waals surface area contributed by atoms with E-state index < -0.39 is 12.1 Å². The quantitative estimate of drug-likeness (QED) is 0.322. The van der Waals surface area contributed by atoms with Crippen LogP contribution in [0.15, 0.2) is 42.5 Å². The van der Waals surface area contributed by atoms with Crippen molar-refractivity contribution in [3.8, 4) is 11.5 Å². The van der Waals surface area contributed by atoms with Crippen molar-refractivity contribution >= 4 is 23.6 Å². The molecule has 0 saturated carbocycles. The monoisotopic (exact) mass is 463 g/mol. The number of aromatic nitrogens is 4. The first-order valence-electron chi connectivity index (χ1n) is 11.1. The van der Waals surface area contributed by atoms with E-state index in [9.17, 15) is 14.7 Å². The van der Waals surface area contributed by atoms with Crippen LogP contribution in [-0.2, 0) is 11.2 Å². The van der Waals surface area contributed by atoms with Gasteiger partial charge in [0.2, 0.25) is 5.91 Å². The summed E-state index contributed by atoms with van der Waals surface area (Å²) in [5, 5.41) is 25.6. The first-order valence-corrected chi connectivity index (χ1v) is 11.1. The second-order valence-electron chi connectivity index (χ2n) is 7.85. The molecule has 1 aliphatic rings. The van der Waals surface area contributed by atoms with Crippen molar-refractivity contribution in [2.45, 2.75) is 38.7 Å². The molecule has 2 heterocycles. The molecule has 1 atom stereocenters. The van der Waals surface area contributed by atoms with Crippen LogP contribution in [0.5, 0.6) is 11.5 Å². The minimum Gasteiger partial charge on any atom is -0.483 e. The Morgan fingerprint density at radius 1 is 1.18 bits per heavy atom. The third-order valence-electron chi connectivity index (χ3n) is 5.38. The molecule has 0 fully saturated rings. The van der Waals surface area contributed by atoms with Gasteiger partial charge in [0.05, 0.1) is 5.69 Å². The molecule has 1 amide bonds. The third kappa shape index (κ3) is 5.40. The van der Waals surface area contributed by atoms with E-state index in [0.717, 1.165) is 12.0 Å². The standard InChI is InChI=1S/C24H25N5O5/c1-2-3-4-5-15-6-8-16(9-7-15)10-13-20(30)25-18-12-11-17(24(31)32)21-22(18)33-14-19(34-21)23-26-28-29-27-23/h6-13,19H,2-5,14H2,1H3,(H,25,30)(H,31,32)(H,26,27,28,29)/b13-10+. The smallest absolute Gasteiger partial charge is 0.339 e. The third-order valence-corrected chi connectivity index (χ3v) is 5.38. The second-order valence-corrected chi connectivity index (χ2v) is 7.85. The Balaban J connectivity index is 1.46. The van der Waals surface area contributed by atoms with Crippen molar-refractivity contribution in [2.75, 3.05) is 11.9 Å². The van der Waals surface area contributed by atoms with Gasteiger partial charge in [-0.05, 0) is 52.6 Å². The number of H-pyrrole nitrogens is 1. The van der Waals surface area contributed by atoms with Crippen LogP contribution in [0.25, 0.3) is 6.08 Å². The lowest BCUT2D eigenvalue weighted by Crippen LogP contribution is -2.25. The summed E-state index contributed by atoms with van der Waals surface area (Å²) in [5.41, 5.74) is 2.38. The number of aryl methyl sites for hydroxylation is 1. The number of carboxylic acid groups (broad SMARTS) is 1. The van der Waals surface area contributed by atoms with Crippen LogP contribution in [0.2, 0.25) is 0 Å². The summed E-state index contributed by atoms with van der Waals surface area (Å²) >= 11 is 0. The number of anilines is 1. The van der Waals surface area contributed by atoms with Crippen LogP contribution in [0.1, 0.15) is 59.6 Å². The predicted molar refractivity (Wildman–Crippen MR) is 124 cm³/mol. The molecule has 0 bridgehead atoms. The van der Waals surface area contributed by atoms with E-state index >= 15 is 0 Å². The van der Waals surface area contributed by atoms with E-state index in [4.69, 9.17) is 9.47 Å². The SMILES string of the molecule is CCCCCc1ccc(/C=C/C(=O)Nc2ccc(C(=O)O)c3c2OCC(c2nnn[nH]2)O3)cc1. The molecule has 1 aliphatic heterocycles. The molecule has 0 spiro atoms. The average Bonchev–Trinajstić information content (AvgIpc) is 3.38. The number of fused-ring (bicyclic) bond motifs is 1. The van der Waals surface area contributed by atoms with Gasteiger partial charge in [-0.3, -0.25) is 4.79 Å². The van der Waals surface area contributed by atoms with E-state index in [1.807, 2.05) is 12.1 Å². The normalized spacial score (nSPS) is 14.8. The Morgan fingerprint density at radius 3 is 2.71 bits per heavy atom. The fourth-order valence-electron chi connectivity index (χ4n) is 3.58. The minimum absolute atomic E-state index is 0.000548. The van der Waals surface area contributed by atoms with Crippen LogP contribution in [-0.4, -0.2) is 44.2 Å². The zero-order chi connectivity index (χ0) is 23.9. The Labute approximate surface area is 196 Å². The molecule has 3 aromatic rings. The summed E-state index contributed by atoms with van der Waals surface area (Å²) in [4.78, 5) is 24.2. The molecular weight excluding hydrogens is 438 g/mol. The molecule has 0 saturated heterocycles. The van der Waals surface area contributed by atoms with Crippen molar-refractivity contribution in [3.63, 3.8) is 0 Å². The Hall–Kier alpha value is -4.21. The van der Waals surface area contributed by atoms with Gasteiger partial charge < -0.3 is 19.9 Å². The molecule has 0 radical (unpaired) electrons. The highest BCUT2D eigenvalue weighted by Crippen LogP contribution is 2.44. The van der Waals surface area contributed by atoms with Crippen molar-refractivity contribution < 1.29 is 24.2 Å². The molecule has 1 aromatic heterocycles. The molecule has 10 nitrogen and oxygen atoms in total. The number of benzene rings is 2. The van der Waals surface area contributed by atoms with E-state index in [1.165, 1.54) is 43.0 Å². The van der Waals surface area contributed by atoms with Crippen LogP contribution in [0.3, 0.4) is 0 Å². The summed E-state index contributed by atoms with van der Waals surface area (Å²) in [6.07, 6.45) is 7.04. The fraction of sp³-hybridized carbons (Fsp3) is 0.292. The summed E-state index contributed by atoms with van der Waals surface area (Å²) in [6, 6.07) is 10.9. The molecule has 10 heteroatoms. The number of rotatable bonds is 9. The summed E-state index contributed by atoms with van der Waals surface area (Å²) in [6.45, 7) is 2.22. The lowest BCUT2D eigenvalue weighted by atomic mass is 10.1. The molecule has 1 unspecified atom stereocenters. The molecular formula is C24H25N5O5. The van der Waals surface area contributed by atoms with Gasteiger partial charge in [0.1, 0.15) is 12.2 Å². The second kappa shape index (κ2) is 10.6.